The summed E-state index contributed by atoms with van der Waals surface area (Å²) in [7, 11) is 0. The van der Waals surface area contributed by atoms with Gasteiger partial charge in [-0.15, -0.1) is 0 Å². The fraction of sp³-hybridized carbons (Fsp3) is 0.700. The second-order valence-electron chi connectivity index (χ2n) is 4.00. The van der Waals surface area contributed by atoms with Crippen molar-refractivity contribution in [1.29, 1.82) is 0 Å². The Balaban J connectivity index is 2.19. The van der Waals surface area contributed by atoms with Gasteiger partial charge in [-0.25, -0.2) is 0 Å². The van der Waals surface area contributed by atoms with Crippen molar-refractivity contribution >= 4 is 5.78 Å². The average Bonchev–Trinajstić information content (AvgIpc) is 2.04. The standard InChI is InChI=1S/C10H15NO/c1-6-5-8-3-4-9(6)10(11-8)7(2)12/h8-11H,1,3-5H2,2H3/t8-,9+,10+/m0/s1. The molecule has 3 fully saturated rings. The van der Waals surface area contributed by atoms with Gasteiger partial charge in [-0.3, -0.25) is 4.79 Å². The number of ketones is 1. The third-order valence-corrected chi connectivity index (χ3v) is 3.11. The van der Waals surface area contributed by atoms with E-state index in [0.717, 1.165) is 12.8 Å². The van der Waals surface area contributed by atoms with Crippen LogP contribution in [0.25, 0.3) is 0 Å². The van der Waals surface area contributed by atoms with Crippen LogP contribution >= 0.6 is 0 Å². The Labute approximate surface area is 73.0 Å². The van der Waals surface area contributed by atoms with E-state index in [2.05, 4.69) is 11.9 Å². The van der Waals surface area contributed by atoms with Crippen LogP contribution in [0.1, 0.15) is 26.2 Å². The van der Waals surface area contributed by atoms with Crippen LogP contribution in [-0.2, 0) is 4.79 Å². The lowest BCUT2D eigenvalue weighted by atomic mass is 9.72. The maximum atomic E-state index is 11.2. The van der Waals surface area contributed by atoms with E-state index in [1.54, 1.807) is 6.92 Å². The van der Waals surface area contributed by atoms with Crippen molar-refractivity contribution in [3.63, 3.8) is 0 Å². The van der Waals surface area contributed by atoms with Crippen molar-refractivity contribution < 1.29 is 4.79 Å². The molecule has 3 rings (SSSR count). The Morgan fingerprint density at radius 1 is 1.58 bits per heavy atom. The predicted octanol–water partition coefficient (Wildman–Crippen LogP) is 1.27. The molecule has 2 saturated heterocycles. The number of carbonyl (C=O) groups excluding carboxylic acids is 1. The summed E-state index contributed by atoms with van der Waals surface area (Å²) in [6, 6.07) is 0.599. The van der Waals surface area contributed by atoms with Crippen LogP contribution in [0.3, 0.4) is 0 Å². The first-order valence-corrected chi connectivity index (χ1v) is 4.62. The Morgan fingerprint density at radius 3 is 2.75 bits per heavy atom. The molecular formula is C10H15NO. The lowest BCUT2D eigenvalue weighted by Gasteiger charge is -2.43. The normalized spacial score (nSPS) is 40.1. The molecule has 0 aromatic rings. The highest BCUT2D eigenvalue weighted by molar-refractivity contribution is 5.82. The van der Waals surface area contributed by atoms with Crippen LogP contribution in [-0.4, -0.2) is 17.9 Å². The number of rotatable bonds is 1. The molecule has 66 valence electrons. The molecule has 2 nitrogen and oxygen atoms in total. The zero-order valence-electron chi connectivity index (χ0n) is 7.47. The van der Waals surface area contributed by atoms with Crippen LogP contribution in [0.2, 0.25) is 0 Å². The van der Waals surface area contributed by atoms with Gasteiger partial charge in [0.05, 0.1) is 6.04 Å². The maximum Gasteiger partial charge on any atom is 0.147 e. The van der Waals surface area contributed by atoms with Crippen LogP contribution in [0.4, 0.5) is 0 Å². The first-order valence-electron chi connectivity index (χ1n) is 4.62. The van der Waals surface area contributed by atoms with E-state index in [9.17, 15) is 4.79 Å². The second kappa shape index (κ2) is 2.70. The number of fused-ring (bicyclic) bond motifs is 3. The molecule has 3 atom stereocenters. The fourth-order valence-electron chi connectivity index (χ4n) is 2.47. The molecule has 0 spiro atoms. The number of hydrogen-bond acceptors (Lipinski definition) is 2. The number of piperidine rings is 2. The lowest BCUT2D eigenvalue weighted by molar-refractivity contribution is -0.121. The third kappa shape index (κ3) is 1.11. The molecule has 1 aliphatic carbocycles. The van der Waals surface area contributed by atoms with E-state index >= 15 is 0 Å². The largest absolute Gasteiger partial charge is 0.304 e. The van der Waals surface area contributed by atoms with Gasteiger partial charge in [0.1, 0.15) is 5.78 Å². The van der Waals surface area contributed by atoms with Gasteiger partial charge in [-0.2, -0.15) is 0 Å². The smallest absolute Gasteiger partial charge is 0.147 e. The molecule has 1 saturated carbocycles. The van der Waals surface area contributed by atoms with E-state index < -0.39 is 0 Å². The molecule has 2 aliphatic heterocycles. The average molecular weight is 165 g/mol. The van der Waals surface area contributed by atoms with E-state index in [1.807, 2.05) is 0 Å². The molecule has 2 heterocycles. The molecule has 2 heteroatoms. The molecule has 12 heavy (non-hydrogen) atoms. The molecule has 0 unspecified atom stereocenters. The number of Topliss-reactive ketones (excluding diaryl/α,β-unsaturated/α-hetero) is 1. The quantitative estimate of drug-likeness (QED) is 0.593. The van der Waals surface area contributed by atoms with Crippen molar-refractivity contribution in [2.75, 3.05) is 0 Å². The number of carbonyl (C=O) groups is 1. The Hall–Kier alpha value is -0.630. The summed E-state index contributed by atoms with van der Waals surface area (Å²) >= 11 is 0. The first-order chi connectivity index (χ1) is 5.68. The Kier molecular flexibility index (Phi) is 1.80. The summed E-state index contributed by atoms with van der Waals surface area (Å²) in [4.78, 5) is 11.2. The molecule has 2 bridgehead atoms. The summed E-state index contributed by atoms with van der Waals surface area (Å²) < 4.78 is 0. The number of hydrogen-bond donors (Lipinski definition) is 1. The van der Waals surface area contributed by atoms with Crippen LogP contribution in [0.15, 0.2) is 12.2 Å². The van der Waals surface area contributed by atoms with Gasteiger partial charge >= 0.3 is 0 Å². The zero-order valence-corrected chi connectivity index (χ0v) is 7.47. The summed E-state index contributed by atoms with van der Waals surface area (Å²) in [6.45, 7) is 5.71. The van der Waals surface area contributed by atoms with Gasteiger partial charge in [0, 0.05) is 12.0 Å². The van der Waals surface area contributed by atoms with Gasteiger partial charge in [0.2, 0.25) is 0 Å². The van der Waals surface area contributed by atoms with E-state index in [1.165, 1.54) is 12.0 Å². The van der Waals surface area contributed by atoms with Crippen LogP contribution < -0.4 is 5.32 Å². The topological polar surface area (TPSA) is 29.1 Å². The molecule has 0 radical (unpaired) electrons. The minimum Gasteiger partial charge on any atom is -0.304 e. The maximum absolute atomic E-state index is 11.2. The second-order valence-corrected chi connectivity index (χ2v) is 4.00. The summed E-state index contributed by atoms with van der Waals surface area (Å²) in [5.74, 6) is 0.693. The van der Waals surface area contributed by atoms with Gasteiger partial charge < -0.3 is 5.32 Å². The predicted molar refractivity (Wildman–Crippen MR) is 47.9 cm³/mol. The first kappa shape index (κ1) is 7.99. The van der Waals surface area contributed by atoms with Crippen molar-refractivity contribution in [3.8, 4) is 0 Å². The van der Waals surface area contributed by atoms with E-state index in [-0.39, 0.29) is 11.8 Å². The highest BCUT2D eigenvalue weighted by atomic mass is 16.1. The lowest BCUT2D eigenvalue weighted by Crippen LogP contribution is -2.56. The summed E-state index contributed by atoms with van der Waals surface area (Å²) in [6.07, 6.45) is 3.45. The Morgan fingerprint density at radius 2 is 2.33 bits per heavy atom. The Bertz CT molecular complexity index is 234. The number of nitrogens with one attached hydrogen (secondary N) is 1. The molecular weight excluding hydrogens is 150 g/mol. The highest BCUT2D eigenvalue weighted by Gasteiger charge is 2.39. The van der Waals surface area contributed by atoms with E-state index in [0.29, 0.717) is 12.0 Å². The summed E-state index contributed by atoms with van der Waals surface area (Å²) in [5, 5.41) is 3.37. The summed E-state index contributed by atoms with van der Waals surface area (Å²) in [5.41, 5.74) is 1.28. The van der Waals surface area contributed by atoms with Crippen LogP contribution in [0.5, 0.6) is 0 Å². The van der Waals surface area contributed by atoms with Gasteiger partial charge in [-0.1, -0.05) is 12.2 Å². The minimum absolute atomic E-state index is 0.0741. The van der Waals surface area contributed by atoms with Crippen molar-refractivity contribution in [3.05, 3.63) is 12.2 Å². The monoisotopic (exact) mass is 165 g/mol. The molecule has 0 amide bonds. The molecule has 0 aromatic heterocycles. The van der Waals surface area contributed by atoms with Gasteiger partial charge in [-0.05, 0) is 26.2 Å². The minimum atomic E-state index is 0.0741. The van der Waals surface area contributed by atoms with E-state index in [4.69, 9.17) is 0 Å². The SMILES string of the molecule is C=C1C[C@@H]2CC[C@H]1[C@@H](C(C)=O)N2. The van der Waals surface area contributed by atoms with Gasteiger partial charge in [0.25, 0.3) is 0 Å². The van der Waals surface area contributed by atoms with Crippen molar-refractivity contribution in [2.24, 2.45) is 5.92 Å². The van der Waals surface area contributed by atoms with Crippen molar-refractivity contribution in [2.45, 2.75) is 38.3 Å². The van der Waals surface area contributed by atoms with Crippen molar-refractivity contribution in [1.82, 2.24) is 5.32 Å². The molecule has 3 aliphatic rings. The third-order valence-electron chi connectivity index (χ3n) is 3.11. The fourth-order valence-corrected chi connectivity index (χ4v) is 2.47. The zero-order chi connectivity index (χ0) is 8.72. The molecule has 0 aromatic carbocycles. The van der Waals surface area contributed by atoms with Gasteiger partial charge in [0.15, 0.2) is 0 Å². The highest BCUT2D eigenvalue weighted by Crippen LogP contribution is 2.36. The van der Waals surface area contributed by atoms with Crippen LogP contribution in [0, 0.1) is 5.92 Å². The molecule has 1 N–H and O–H groups in total.